The van der Waals surface area contributed by atoms with Crippen molar-refractivity contribution >= 4 is 100 Å². The molecule has 0 fully saturated rings. The Bertz CT molecular complexity index is 2810. The predicted molar refractivity (Wildman–Crippen MR) is 339 cm³/mol. The quantitative estimate of drug-likeness (QED) is 0.0360. The smallest absolute Gasteiger partial charge is 0.174 e. The molecule has 0 radical (unpaired) electrons. The zero-order valence-corrected chi connectivity index (χ0v) is 51.8. The van der Waals surface area contributed by atoms with Crippen molar-refractivity contribution in [3.05, 3.63) is 87.8 Å². The third-order valence-electron chi connectivity index (χ3n) is 14.5. The van der Waals surface area contributed by atoms with Crippen molar-refractivity contribution in [1.29, 1.82) is 0 Å². The highest BCUT2D eigenvalue weighted by molar-refractivity contribution is 7.35. The summed E-state index contributed by atoms with van der Waals surface area (Å²) in [6, 6.07) is 24.7. The van der Waals surface area contributed by atoms with Gasteiger partial charge in [0.25, 0.3) is 0 Å². The van der Waals surface area contributed by atoms with Crippen molar-refractivity contribution < 1.29 is 4.74 Å². The summed E-state index contributed by atoms with van der Waals surface area (Å²) in [7, 11) is 1.83. The molecule has 0 aliphatic carbocycles. The van der Waals surface area contributed by atoms with Gasteiger partial charge in [0.1, 0.15) is 0 Å². The summed E-state index contributed by atoms with van der Waals surface area (Å²) < 4.78 is 8.69. The van der Waals surface area contributed by atoms with E-state index in [1.807, 2.05) is 86.5 Å². The first-order valence-corrected chi connectivity index (χ1v) is 35.2. The van der Waals surface area contributed by atoms with Gasteiger partial charge in [-0.15, -0.1) is 79.4 Å². The summed E-state index contributed by atoms with van der Waals surface area (Å²) in [6.45, 7) is 11.6. The molecular formula is C64H84OS8. The van der Waals surface area contributed by atoms with Gasteiger partial charge in [-0.05, 0) is 141 Å². The maximum atomic E-state index is 5.83. The second-order valence-electron chi connectivity index (χ2n) is 20.6. The molecule has 8 rings (SSSR count). The van der Waals surface area contributed by atoms with Crippen LogP contribution in [0.5, 0.6) is 5.06 Å². The highest BCUT2D eigenvalue weighted by atomic mass is 32.1. The first-order valence-electron chi connectivity index (χ1n) is 28.7. The van der Waals surface area contributed by atoms with E-state index in [0.717, 1.165) is 17.9 Å². The largest absolute Gasteiger partial charge is 0.487 e. The van der Waals surface area contributed by atoms with Crippen LogP contribution in [0.15, 0.2) is 60.7 Å². The fourth-order valence-corrected chi connectivity index (χ4v) is 20.0. The van der Waals surface area contributed by atoms with Crippen LogP contribution in [0.3, 0.4) is 0 Å². The highest BCUT2D eigenvalue weighted by Crippen LogP contribution is 2.52. The number of methoxy groups -OCH3 is 1. The van der Waals surface area contributed by atoms with Crippen molar-refractivity contribution in [3.8, 4) is 63.6 Å². The van der Waals surface area contributed by atoms with Crippen LogP contribution >= 0.6 is 90.7 Å². The second-order valence-corrected chi connectivity index (χ2v) is 29.3. The van der Waals surface area contributed by atoms with E-state index in [0.29, 0.717) is 0 Å². The van der Waals surface area contributed by atoms with E-state index in [1.54, 1.807) is 16.7 Å². The number of hydrogen-bond donors (Lipinski definition) is 0. The molecule has 0 saturated heterocycles. The Balaban J connectivity index is 1.03. The Morgan fingerprint density at radius 3 is 1.00 bits per heavy atom. The van der Waals surface area contributed by atoms with Gasteiger partial charge in [-0.1, -0.05) is 167 Å². The minimum absolute atomic E-state index is 1.04. The summed E-state index contributed by atoms with van der Waals surface area (Å²) in [5.41, 5.74) is 6.14. The molecule has 0 spiro atoms. The lowest BCUT2D eigenvalue weighted by molar-refractivity contribution is 0.427. The zero-order valence-electron chi connectivity index (χ0n) is 45.2. The lowest BCUT2D eigenvalue weighted by atomic mass is 10.0. The summed E-state index contributed by atoms with van der Waals surface area (Å²) in [6.07, 6.45) is 36.7. The molecule has 0 unspecified atom stereocenters. The molecule has 0 amide bonds. The molecule has 0 atom stereocenters. The van der Waals surface area contributed by atoms with Crippen LogP contribution in [0.25, 0.3) is 67.9 Å². The van der Waals surface area contributed by atoms with Gasteiger partial charge < -0.3 is 4.74 Å². The fourth-order valence-electron chi connectivity index (χ4n) is 10.4. The molecule has 73 heavy (non-hydrogen) atoms. The third kappa shape index (κ3) is 15.9. The van der Waals surface area contributed by atoms with Crippen LogP contribution in [0.1, 0.15) is 209 Å². The van der Waals surface area contributed by atoms with Crippen molar-refractivity contribution in [2.45, 2.75) is 214 Å². The lowest BCUT2D eigenvalue weighted by Crippen LogP contribution is -1.86. The molecule has 394 valence electrons. The molecule has 9 heteroatoms. The van der Waals surface area contributed by atoms with Crippen LogP contribution in [-0.2, 0) is 25.7 Å². The molecule has 0 N–H and O–H groups in total. The summed E-state index contributed by atoms with van der Waals surface area (Å²) in [4.78, 5) is 18.9. The number of rotatable bonds is 35. The summed E-state index contributed by atoms with van der Waals surface area (Å²) >= 11 is 16.0. The van der Waals surface area contributed by atoms with Crippen LogP contribution in [0, 0.1) is 6.92 Å². The average molecular weight is 1130 g/mol. The Kier molecular flexibility index (Phi) is 23.3. The van der Waals surface area contributed by atoms with Crippen LogP contribution < -0.4 is 4.74 Å². The van der Waals surface area contributed by atoms with Crippen LogP contribution in [0.4, 0.5) is 0 Å². The van der Waals surface area contributed by atoms with E-state index in [-0.39, 0.29) is 0 Å². The molecule has 0 saturated carbocycles. The Hall–Kier alpha value is -2.34. The number of unbranched alkanes of at least 4 members (excludes halogenated alkanes) is 20. The standard InChI is InChI=1S/C64H84OS8/c1-7-11-15-19-23-27-31-46-39-45(5)66-61(46)50-35-36-51(67-50)62-47(32-28-24-20-16-12-8-2)40-54(71-62)56-43-58-59(69-56)44-57(70-58)55-41-48(33-29-25-21-17-13-9-3)63(72-55)52-37-38-53(68-52)64-49(42-60(65-6)73-64)34-30-26-22-18-14-10-4/h35-44H,7-34H2,1-6H3. The normalized spacial score (nSPS) is 11.9. The molecule has 0 aliphatic heterocycles. The van der Waals surface area contributed by atoms with Crippen molar-refractivity contribution in [2.75, 3.05) is 7.11 Å². The number of fused-ring (bicyclic) bond motifs is 1. The summed E-state index contributed by atoms with van der Waals surface area (Å²) in [5.74, 6) is 0. The van der Waals surface area contributed by atoms with E-state index >= 15 is 0 Å². The minimum atomic E-state index is 1.04. The van der Waals surface area contributed by atoms with Gasteiger partial charge in [-0.3, -0.25) is 0 Å². The number of aryl methyl sites for hydroxylation is 5. The molecule has 8 aromatic rings. The van der Waals surface area contributed by atoms with Gasteiger partial charge in [0.15, 0.2) is 5.06 Å². The van der Waals surface area contributed by atoms with Gasteiger partial charge in [-0.25, -0.2) is 0 Å². The molecule has 0 aliphatic rings. The number of hydrogen-bond acceptors (Lipinski definition) is 9. The molecule has 8 heterocycles. The van der Waals surface area contributed by atoms with Crippen molar-refractivity contribution in [1.82, 2.24) is 0 Å². The maximum absolute atomic E-state index is 5.83. The maximum Gasteiger partial charge on any atom is 0.174 e. The Morgan fingerprint density at radius 1 is 0.301 bits per heavy atom. The monoisotopic (exact) mass is 1120 g/mol. The van der Waals surface area contributed by atoms with Gasteiger partial charge in [0.05, 0.1) is 12.0 Å². The minimum Gasteiger partial charge on any atom is -0.487 e. The Labute approximate surface area is 473 Å². The molecule has 1 nitrogen and oxygen atoms in total. The first kappa shape index (κ1) is 56.9. The Morgan fingerprint density at radius 2 is 0.616 bits per heavy atom. The highest BCUT2D eigenvalue weighted by Gasteiger charge is 2.22. The zero-order chi connectivity index (χ0) is 50.8. The number of thiophene rings is 8. The van der Waals surface area contributed by atoms with Gasteiger partial charge >= 0.3 is 0 Å². The SMILES string of the molecule is CCCCCCCCc1cc(C)sc1-c1ccc(-c2sc(-c3cc4sc(-c5cc(CCCCCCCC)c(-c6ccc(-c7sc(OC)cc7CCCCCCCC)s6)s5)cc4s3)cc2CCCCCCCC)s1. The van der Waals surface area contributed by atoms with Gasteiger partial charge in [0.2, 0.25) is 0 Å². The topological polar surface area (TPSA) is 9.23 Å². The fraction of sp³-hybridized carbons (Fsp3) is 0.531. The first-order chi connectivity index (χ1) is 35.9. The van der Waals surface area contributed by atoms with E-state index in [1.165, 1.54) is 245 Å². The molecule has 8 aromatic heterocycles. The van der Waals surface area contributed by atoms with Gasteiger partial charge in [0, 0.05) is 67.9 Å². The van der Waals surface area contributed by atoms with Crippen molar-refractivity contribution in [2.24, 2.45) is 0 Å². The summed E-state index contributed by atoms with van der Waals surface area (Å²) in [5, 5.41) is 1.04. The van der Waals surface area contributed by atoms with E-state index < -0.39 is 0 Å². The number of ether oxygens (including phenoxy) is 1. The van der Waals surface area contributed by atoms with E-state index in [2.05, 4.69) is 107 Å². The third-order valence-corrected chi connectivity index (χ3v) is 24.7. The lowest BCUT2D eigenvalue weighted by Gasteiger charge is -2.04. The molecule has 0 aromatic carbocycles. The average Bonchev–Trinajstić information content (AvgIpc) is 4.25. The van der Waals surface area contributed by atoms with Crippen molar-refractivity contribution in [3.63, 3.8) is 0 Å². The molecule has 0 bridgehead atoms. The molecular weight excluding hydrogens is 1040 g/mol. The van der Waals surface area contributed by atoms with Crippen LogP contribution in [0.2, 0.25) is 0 Å². The van der Waals surface area contributed by atoms with E-state index in [4.69, 9.17) is 4.74 Å². The predicted octanol–water partition coefficient (Wildman–Crippen LogP) is 25.3. The van der Waals surface area contributed by atoms with Crippen LogP contribution in [-0.4, -0.2) is 7.11 Å². The van der Waals surface area contributed by atoms with Gasteiger partial charge in [-0.2, -0.15) is 0 Å². The van der Waals surface area contributed by atoms with E-state index in [9.17, 15) is 0 Å². The second kappa shape index (κ2) is 30.0.